The molecule has 2 aromatic rings. The molecule has 2 amide bonds. The van der Waals surface area contributed by atoms with E-state index in [1.165, 1.54) is 5.56 Å². The second kappa shape index (κ2) is 8.44. The zero-order valence-corrected chi connectivity index (χ0v) is 14.0. The summed E-state index contributed by atoms with van der Waals surface area (Å²) in [5.41, 5.74) is 2.13. The molecule has 0 bridgehead atoms. The van der Waals surface area contributed by atoms with Crippen LogP contribution in [0.25, 0.3) is 0 Å². The van der Waals surface area contributed by atoms with Crippen molar-refractivity contribution in [1.29, 1.82) is 0 Å². The Bertz CT molecular complexity index is 632. The van der Waals surface area contributed by atoms with Crippen molar-refractivity contribution >= 4 is 22.0 Å². The smallest absolute Gasteiger partial charge is 0.315 e. The highest BCUT2D eigenvalue weighted by Crippen LogP contribution is 2.16. The summed E-state index contributed by atoms with van der Waals surface area (Å²) >= 11 is 3.44. The summed E-state index contributed by atoms with van der Waals surface area (Å²) in [5.74, 6) is 0.775. The van der Waals surface area contributed by atoms with Crippen molar-refractivity contribution in [3.63, 3.8) is 0 Å². The summed E-state index contributed by atoms with van der Waals surface area (Å²) in [7, 11) is 1.62. The Morgan fingerprint density at radius 2 is 1.95 bits per heavy atom. The van der Waals surface area contributed by atoms with E-state index in [0.717, 1.165) is 22.2 Å². The first-order valence-electron chi connectivity index (χ1n) is 7.07. The lowest BCUT2D eigenvalue weighted by atomic mass is 10.1. The minimum atomic E-state index is -0.180. The zero-order chi connectivity index (χ0) is 15.8. The van der Waals surface area contributed by atoms with E-state index in [1.54, 1.807) is 7.11 Å². The van der Waals surface area contributed by atoms with E-state index in [1.807, 2.05) is 42.5 Å². The van der Waals surface area contributed by atoms with Crippen LogP contribution in [0.1, 0.15) is 11.1 Å². The highest BCUT2D eigenvalue weighted by Gasteiger charge is 2.04. The molecule has 0 aromatic heterocycles. The summed E-state index contributed by atoms with van der Waals surface area (Å²) < 4.78 is 6.30. The number of amides is 2. The van der Waals surface area contributed by atoms with Crippen LogP contribution in [0.2, 0.25) is 0 Å². The van der Waals surface area contributed by atoms with Crippen molar-refractivity contribution in [2.24, 2.45) is 0 Å². The van der Waals surface area contributed by atoms with Crippen LogP contribution in [0.5, 0.6) is 5.75 Å². The number of halogens is 1. The van der Waals surface area contributed by atoms with E-state index in [9.17, 15) is 4.79 Å². The number of carbonyl (C=O) groups excluding carboxylic acids is 1. The maximum Gasteiger partial charge on any atom is 0.315 e. The Morgan fingerprint density at radius 1 is 1.14 bits per heavy atom. The van der Waals surface area contributed by atoms with Crippen LogP contribution in [0.4, 0.5) is 4.79 Å². The minimum Gasteiger partial charge on any atom is -0.496 e. The summed E-state index contributed by atoms with van der Waals surface area (Å²) in [5, 5.41) is 5.68. The first-order chi connectivity index (χ1) is 10.7. The lowest BCUT2D eigenvalue weighted by molar-refractivity contribution is 0.240. The van der Waals surface area contributed by atoms with E-state index in [-0.39, 0.29) is 6.03 Å². The van der Waals surface area contributed by atoms with Gasteiger partial charge >= 0.3 is 6.03 Å². The molecule has 22 heavy (non-hydrogen) atoms. The fourth-order valence-corrected chi connectivity index (χ4v) is 2.55. The first-order valence-corrected chi connectivity index (χ1v) is 7.86. The number of para-hydroxylation sites is 1. The number of benzene rings is 2. The van der Waals surface area contributed by atoms with Gasteiger partial charge < -0.3 is 15.4 Å². The third-order valence-corrected chi connectivity index (χ3v) is 3.71. The van der Waals surface area contributed by atoms with Crippen molar-refractivity contribution < 1.29 is 9.53 Å². The predicted molar refractivity (Wildman–Crippen MR) is 91.1 cm³/mol. The summed E-state index contributed by atoms with van der Waals surface area (Å²) in [4.78, 5) is 11.8. The van der Waals surface area contributed by atoms with Gasteiger partial charge in [-0.25, -0.2) is 4.79 Å². The highest BCUT2D eigenvalue weighted by molar-refractivity contribution is 9.10. The van der Waals surface area contributed by atoms with Gasteiger partial charge in [0, 0.05) is 23.1 Å². The number of methoxy groups -OCH3 is 1. The Balaban J connectivity index is 1.74. The Morgan fingerprint density at radius 3 is 2.73 bits per heavy atom. The quantitative estimate of drug-likeness (QED) is 0.826. The van der Waals surface area contributed by atoms with E-state index in [2.05, 4.69) is 32.6 Å². The van der Waals surface area contributed by atoms with Crippen LogP contribution in [0.15, 0.2) is 53.0 Å². The largest absolute Gasteiger partial charge is 0.496 e. The number of hydrogen-bond acceptors (Lipinski definition) is 2. The second-order valence-electron chi connectivity index (χ2n) is 4.80. The fraction of sp³-hybridized carbons (Fsp3) is 0.235. The second-order valence-corrected chi connectivity index (χ2v) is 5.72. The molecule has 0 unspecified atom stereocenters. The SMILES string of the molecule is COc1ccccc1CNC(=O)NCCc1cccc(Br)c1. The molecule has 0 heterocycles. The molecule has 2 rings (SSSR count). The molecular formula is C17H19BrN2O2. The molecular weight excluding hydrogens is 344 g/mol. The van der Waals surface area contributed by atoms with E-state index in [4.69, 9.17) is 4.74 Å². The van der Waals surface area contributed by atoms with Crippen LogP contribution >= 0.6 is 15.9 Å². The number of urea groups is 1. The standard InChI is InChI=1S/C17H19BrN2O2/c1-22-16-8-3-2-6-14(16)12-20-17(21)19-10-9-13-5-4-7-15(18)11-13/h2-8,11H,9-10,12H2,1H3,(H2,19,20,21). The average Bonchev–Trinajstić information content (AvgIpc) is 2.53. The molecule has 116 valence electrons. The number of nitrogens with one attached hydrogen (secondary N) is 2. The molecule has 2 aromatic carbocycles. The Hall–Kier alpha value is -2.01. The zero-order valence-electron chi connectivity index (χ0n) is 12.4. The molecule has 0 spiro atoms. The number of hydrogen-bond donors (Lipinski definition) is 2. The summed E-state index contributed by atoms with van der Waals surface area (Å²) in [6.45, 7) is 1.03. The molecule has 0 saturated heterocycles. The fourth-order valence-electron chi connectivity index (χ4n) is 2.10. The third kappa shape index (κ3) is 5.07. The summed E-state index contributed by atoms with van der Waals surface area (Å²) in [6.07, 6.45) is 0.793. The Labute approximate surface area is 139 Å². The van der Waals surface area contributed by atoms with Gasteiger partial charge in [-0.2, -0.15) is 0 Å². The summed E-state index contributed by atoms with van der Waals surface area (Å²) in [6, 6.07) is 15.5. The maximum absolute atomic E-state index is 11.8. The Kier molecular flexibility index (Phi) is 6.27. The molecule has 0 atom stereocenters. The first kappa shape index (κ1) is 16.4. The van der Waals surface area contributed by atoms with E-state index >= 15 is 0 Å². The topological polar surface area (TPSA) is 50.4 Å². The van der Waals surface area contributed by atoms with E-state index in [0.29, 0.717) is 13.1 Å². The maximum atomic E-state index is 11.8. The molecule has 0 aliphatic rings. The van der Waals surface area contributed by atoms with Gasteiger partial charge in [0.05, 0.1) is 7.11 Å². The van der Waals surface area contributed by atoms with Gasteiger partial charge in [-0.1, -0.05) is 46.3 Å². The van der Waals surface area contributed by atoms with Crippen molar-refractivity contribution in [3.05, 3.63) is 64.1 Å². The molecule has 5 heteroatoms. The molecule has 0 radical (unpaired) electrons. The predicted octanol–water partition coefficient (Wildman–Crippen LogP) is 3.50. The molecule has 2 N–H and O–H groups in total. The van der Waals surface area contributed by atoms with Crippen molar-refractivity contribution in [1.82, 2.24) is 10.6 Å². The van der Waals surface area contributed by atoms with Crippen LogP contribution in [-0.2, 0) is 13.0 Å². The van der Waals surface area contributed by atoms with Gasteiger partial charge in [0.2, 0.25) is 0 Å². The van der Waals surface area contributed by atoms with Crippen molar-refractivity contribution in [2.75, 3.05) is 13.7 Å². The normalized spacial score (nSPS) is 10.1. The molecule has 0 saturated carbocycles. The van der Waals surface area contributed by atoms with Crippen LogP contribution in [0, 0.1) is 0 Å². The monoisotopic (exact) mass is 362 g/mol. The molecule has 0 aliphatic carbocycles. The lowest BCUT2D eigenvalue weighted by Gasteiger charge is -2.10. The van der Waals surface area contributed by atoms with Crippen molar-refractivity contribution in [2.45, 2.75) is 13.0 Å². The highest BCUT2D eigenvalue weighted by atomic mass is 79.9. The lowest BCUT2D eigenvalue weighted by Crippen LogP contribution is -2.36. The van der Waals surface area contributed by atoms with Crippen LogP contribution in [0.3, 0.4) is 0 Å². The van der Waals surface area contributed by atoms with Crippen molar-refractivity contribution in [3.8, 4) is 5.75 Å². The van der Waals surface area contributed by atoms with Gasteiger partial charge in [-0.15, -0.1) is 0 Å². The number of rotatable bonds is 6. The van der Waals surface area contributed by atoms with Gasteiger partial charge in [0.1, 0.15) is 5.75 Å². The number of carbonyl (C=O) groups is 1. The molecule has 4 nitrogen and oxygen atoms in total. The number of ether oxygens (including phenoxy) is 1. The minimum absolute atomic E-state index is 0.180. The average molecular weight is 363 g/mol. The molecule has 0 aliphatic heterocycles. The van der Waals surface area contributed by atoms with Crippen LogP contribution < -0.4 is 15.4 Å². The third-order valence-electron chi connectivity index (χ3n) is 3.22. The molecule has 0 fully saturated rings. The van der Waals surface area contributed by atoms with Crippen LogP contribution in [-0.4, -0.2) is 19.7 Å². The van der Waals surface area contributed by atoms with Gasteiger partial charge in [-0.05, 0) is 30.2 Å². The van der Waals surface area contributed by atoms with Gasteiger partial charge in [0.25, 0.3) is 0 Å². The van der Waals surface area contributed by atoms with E-state index < -0.39 is 0 Å². The van der Waals surface area contributed by atoms with Gasteiger partial charge in [-0.3, -0.25) is 0 Å². The van der Waals surface area contributed by atoms with Gasteiger partial charge in [0.15, 0.2) is 0 Å².